The van der Waals surface area contributed by atoms with E-state index in [1.807, 2.05) is 0 Å². The Bertz CT molecular complexity index is 428. The first-order chi connectivity index (χ1) is 7.95. The van der Waals surface area contributed by atoms with E-state index in [1.54, 1.807) is 0 Å². The molecule has 0 spiro atoms. The van der Waals surface area contributed by atoms with E-state index >= 15 is 0 Å². The van der Waals surface area contributed by atoms with Crippen molar-refractivity contribution in [1.29, 1.82) is 0 Å². The number of hydrogen-bond donors (Lipinski definition) is 0. The lowest BCUT2D eigenvalue weighted by Crippen LogP contribution is -2.12. The number of nitrogens with zero attached hydrogens (tertiary/aromatic N) is 1. The summed E-state index contributed by atoms with van der Waals surface area (Å²) in [6, 6.07) is 1.38. The number of hydrogen-bond acceptors (Lipinski definition) is 3. The second-order valence-electron chi connectivity index (χ2n) is 3.41. The molecule has 1 aromatic carbocycles. The van der Waals surface area contributed by atoms with E-state index in [0.717, 1.165) is 6.07 Å². The normalized spacial score (nSPS) is 12.5. The molecule has 0 aliphatic heterocycles. The van der Waals surface area contributed by atoms with E-state index in [1.165, 1.54) is 7.11 Å². The van der Waals surface area contributed by atoms with Crippen molar-refractivity contribution >= 4 is 17.3 Å². The van der Waals surface area contributed by atoms with Gasteiger partial charge in [-0.2, -0.15) is 4.39 Å². The van der Waals surface area contributed by atoms with Gasteiger partial charge in [0.1, 0.15) is 5.82 Å². The Morgan fingerprint density at radius 3 is 2.71 bits per heavy atom. The van der Waals surface area contributed by atoms with Crippen molar-refractivity contribution in [2.24, 2.45) is 0 Å². The van der Waals surface area contributed by atoms with E-state index in [2.05, 4.69) is 0 Å². The fourth-order valence-electron chi connectivity index (χ4n) is 1.46. The Morgan fingerprint density at radius 1 is 1.53 bits per heavy atom. The zero-order valence-corrected chi connectivity index (χ0v) is 9.71. The quantitative estimate of drug-likeness (QED) is 0.467. The molecule has 0 amide bonds. The van der Waals surface area contributed by atoms with Crippen LogP contribution in [0, 0.1) is 21.7 Å². The van der Waals surface area contributed by atoms with Crippen molar-refractivity contribution in [3.63, 3.8) is 0 Å². The Labute approximate surface area is 101 Å². The molecule has 0 fully saturated rings. The van der Waals surface area contributed by atoms with Gasteiger partial charge in [-0.05, 0) is 12.5 Å². The monoisotopic (exact) mass is 265 g/mol. The Hall–Kier alpha value is -1.27. The number of alkyl halides is 1. The zero-order chi connectivity index (χ0) is 13.0. The number of benzene rings is 1. The van der Waals surface area contributed by atoms with Gasteiger partial charge in [0.25, 0.3) is 0 Å². The molecule has 0 heterocycles. The molecule has 7 heteroatoms. The van der Waals surface area contributed by atoms with Gasteiger partial charge in [0, 0.05) is 18.7 Å². The Balaban J connectivity index is 3.08. The molecule has 0 aliphatic rings. The highest BCUT2D eigenvalue weighted by Crippen LogP contribution is 2.26. The van der Waals surface area contributed by atoms with Crippen LogP contribution < -0.4 is 0 Å². The maximum absolute atomic E-state index is 13.2. The lowest BCUT2D eigenvalue weighted by Gasteiger charge is -2.09. The van der Waals surface area contributed by atoms with Crippen LogP contribution in [0.3, 0.4) is 0 Å². The van der Waals surface area contributed by atoms with Gasteiger partial charge in [-0.15, -0.1) is 11.6 Å². The molecule has 1 unspecified atom stereocenters. The molecule has 0 N–H and O–H groups in total. The molecule has 1 aromatic rings. The maximum Gasteiger partial charge on any atom is 0.308 e. The van der Waals surface area contributed by atoms with Crippen LogP contribution in [0.25, 0.3) is 0 Å². The van der Waals surface area contributed by atoms with Crippen molar-refractivity contribution in [3.05, 3.63) is 39.4 Å². The fourth-order valence-corrected chi connectivity index (χ4v) is 1.75. The first-order valence-electron chi connectivity index (χ1n) is 4.71. The third-order valence-corrected chi connectivity index (χ3v) is 2.36. The number of nitro benzene ring substituents is 1. The lowest BCUT2D eigenvalue weighted by atomic mass is 10.1. The van der Waals surface area contributed by atoms with Gasteiger partial charge in [-0.25, -0.2) is 4.39 Å². The molecule has 0 bridgehead atoms. The van der Waals surface area contributed by atoms with Crippen molar-refractivity contribution in [1.82, 2.24) is 0 Å². The number of rotatable bonds is 5. The van der Waals surface area contributed by atoms with E-state index in [0.29, 0.717) is 6.07 Å². The number of ether oxygens (including phenoxy) is 1. The molecule has 0 radical (unpaired) electrons. The van der Waals surface area contributed by atoms with E-state index < -0.39 is 27.6 Å². The molecular formula is C10H10ClF2NO3. The topological polar surface area (TPSA) is 52.4 Å². The second-order valence-corrected chi connectivity index (χ2v) is 4.03. The third kappa shape index (κ3) is 3.61. The molecule has 94 valence electrons. The van der Waals surface area contributed by atoms with Gasteiger partial charge in [-0.3, -0.25) is 10.1 Å². The van der Waals surface area contributed by atoms with Crippen LogP contribution in [0.2, 0.25) is 0 Å². The number of methoxy groups -OCH3 is 1. The minimum absolute atomic E-state index is 0.0413. The molecule has 0 aliphatic carbocycles. The molecular weight excluding hydrogens is 256 g/mol. The molecule has 1 atom stereocenters. The molecule has 0 saturated carbocycles. The first-order valence-corrected chi connectivity index (χ1v) is 5.14. The standard InChI is InChI=1S/C10H10ClF2NO3/c1-17-5-7(11)2-6-3-8(12)4-9(13)10(6)14(15)16/h3-4,7H,2,5H2,1H3. The summed E-state index contributed by atoms with van der Waals surface area (Å²) in [5.74, 6) is -2.07. The molecule has 0 aromatic heterocycles. The molecule has 1 rings (SSSR count). The summed E-state index contributed by atoms with van der Waals surface area (Å²) >= 11 is 5.80. The summed E-state index contributed by atoms with van der Waals surface area (Å²) < 4.78 is 31.0. The molecule has 0 saturated heterocycles. The van der Waals surface area contributed by atoms with Crippen LogP contribution in [-0.2, 0) is 11.2 Å². The van der Waals surface area contributed by atoms with Gasteiger partial charge >= 0.3 is 5.69 Å². The van der Waals surface area contributed by atoms with Crippen LogP contribution in [0.4, 0.5) is 14.5 Å². The summed E-state index contributed by atoms with van der Waals surface area (Å²) in [4.78, 5) is 9.77. The maximum atomic E-state index is 13.2. The van der Waals surface area contributed by atoms with Crippen LogP contribution in [-0.4, -0.2) is 24.0 Å². The van der Waals surface area contributed by atoms with Gasteiger partial charge in [0.2, 0.25) is 5.82 Å². The highest BCUT2D eigenvalue weighted by Gasteiger charge is 2.23. The van der Waals surface area contributed by atoms with Crippen molar-refractivity contribution in [3.8, 4) is 0 Å². The summed E-state index contributed by atoms with van der Waals surface area (Å²) in [7, 11) is 1.41. The van der Waals surface area contributed by atoms with Crippen LogP contribution in [0.15, 0.2) is 12.1 Å². The minimum Gasteiger partial charge on any atom is -0.383 e. The predicted octanol–water partition coefficient (Wildman–Crippen LogP) is 2.67. The summed E-state index contributed by atoms with van der Waals surface area (Å²) in [6.07, 6.45) is -0.0413. The van der Waals surface area contributed by atoms with Crippen molar-refractivity contribution in [2.75, 3.05) is 13.7 Å². The van der Waals surface area contributed by atoms with Crippen LogP contribution >= 0.6 is 11.6 Å². The largest absolute Gasteiger partial charge is 0.383 e. The SMILES string of the molecule is COCC(Cl)Cc1cc(F)cc(F)c1[N+](=O)[O-]. The Morgan fingerprint density at radius 2 is 2.18 bits per heavy atom. The fraction of sp³-hybridized carbons (Fsp3) is 0.400. The van der Waals surface area contributed by atoms with Crippen molar-refractivity contribution < 1.29 is 18.4 Å². The van der Waals surface area contributed by atoms with E-state index in [4.69, 9.17) is 16.3 Å². The van der Waals surface area contributed by atoms with E-state index in [9.17, 15) is 18.9 Å². The average Bonchev–Trinajstić information content (AvgIpc) is 2.15. The minimum atomic E-state index is -1.20. The summed E-state index contributed by atoms with van der Waals surface area (Å²) in [5, 5.41) is 10.1. The van der Waals surface area contributed by atoms with Gasteiger partial charge in [0.15, 0.2) is 0 Å². The second kappa shape index (κ2) is 5.88. The van der Waals surface area contributed by atoms with Crippen LogP contribution in [0.5, 0.6) is 0 Å². The predicted molar refractivity (Wildman–Crippen MR) is 58.2 cm³/mol. The highest BCUT2D eigenvalue weighted by molar-refractivity contribution is 6.20. The van der Waals surface area contributed by atoms with Gasteiger partial charge < -0.3 is 4.74 Å². The van der Waals surface area contributed by atoms with Crippen molar-refractivity contribution in [2.45, 2.75) is 11.8 Å². The number of halogens is 3. The molecule has 4 nitrogen and oxygen atoms in total. The third-order valence-electron chi connectivity index (χ3n) is 2.08. The average molecular weight is 266 g/mol. The van der Waals surface area contributed by atoms with Crippen LogP contribution in [0.1, 0.15) is 5.56 Å². The van der Waals surface area contributed by atoms with Gasteiger partial charge in [0.05, 0.1) is 16.9 Å². The highest BCUT2D eigenvalue weighted by atomic mass is 35.5. The summed E-state index contributed by atoms with van der Waals surface area (Å²) in [6.45, 7) is 0.136. The lowest BCUT2D eigenvalue weighted by molar-refractivity contribution is -0.388. The smallest absolute Gasteiger partial charge is 0.308 e. The summed E-state index contributed by atoms with van der Waals surface area (Å²) in [5.41, 5.74) is -0.822. The van der Waals surface area contributed by atoms with E-state index in [-0.39, 0.29) is 18.6 Å². The number of nitro groups is 1. The van der Waals surface area contributed by atoms with Gasteiger partial charge in [-0.1, -0.05) is 0 Å². The first kappa shape index (κ1) is 13.8. The molecule has 17 heavy (non-hydrogen) atoms. The zero-order valence-electron chi connectivity index (χ0n) is 8.95. The Kier molecular flexibility index (Phi) is 4.77.